The second kappa shape index (κ2) is 8.16. The van der Waals surface area contributed by atoms with Crippen LogP contribution in [0.5, 0.6) is 0 Å². The molecule has 0 bridgehead atoms. The van der Waals surface area contributed by atoms with Crippen LogP contribution in [-0.4, -0.2) is 51.1 Å². The molecule has 0 atom stereocenters. The average molecular weight is 500 g/mol. The molecule has 1 aromatic carbocycles. The van der Waals surface area contributed by atoms with Crippen LogP contribution >= 0.6 is 0 Å². The molecule has 1 spiro atoms. The average Bonchev–Trinajstić information content (AvgIpc) is 3.14. The van der Waals surface area contributed by atoms with E-state index in [0.717, 1.165) is 6.07 Å². The Hall–Kier alpha value is -2.72. The van der Waals surface area contributed by atoms with Gasteiger partial charge in [0.2, 0.25) is 0 Å². The van der Waals surface area contributed by atoms with Gasteiger partial charge in [-0.25, -0.2) is 4.39 Å². The van der Waals surface area contributed by atoms with Gasteiger partial charge in [-0.2, -0.15) is 13.2 Å². The molecule has 2 aliphatic heterocycles. The summed E-state index contributed by atoms with van der Waals surface area (Å²) in [7, 11) is 0. The van der Waals surface area contributed by atoms with Gasteiger partial charge in [0.1, 0.15) is 5.82 Å². The van der Waals surface area contributed by atoms with E-state index < -0.39 is 34.5 Å². The second-order valence-corrected chi connectivity index (χ2v) is 10.7. The summed E-state index contributed by atoms with van der Waals surface area (Å²) in [6.45, 7) is 7.44. The van der Waals surface area contributed by atoms with E-state index in [2.05, 4.69) is 5.32 Å². The van der Waals surface area contributed by atoms with E-state index in [-0.39, 0.29) is 32.1 Å². The first-order valence-corrected chi connectivity index (χ1v) is 11.5. The Labute approximate surface area is 203 Å². The van der Waals surface area contributed by atoms with Gasteiger partial charge in [0, 0.05) is 44.8 Å². The number of halogens is 4. The number of alkyl halides is 3. The summed E-state index contributed by atoms with van der Waals surface area (Å²) >= 11 is 0. The fraction of sp³-hybridized carbons (Fsp3) is 0.520. The molecule has 4 rings (SSSR count). The minimum absolute atomic E-state index is 0. The molecule has 1 aromatic heterocycles. The van der Waals surface area contributed by atoms with Gasteiger partial charge in [0.05, 0.1) is 16.8 Å². The number of ketones is 1. The zero-order valence-electron chi connectivity index (χ0n) is 20.1. The lowest BCUT2D eigenvalue weighted by Gasteiger charge is -2.51. The summed E-state index contributed by atoms with van der Waals surface area (Å²) in [4.78, 5) is 26.7. The molecule has 1 fully saturated rings. The number of Topliss-reactive ketones (excluding diaryl/α,β-unsaturated/α-hetero) is 1. The number of nitrogens with zero attached hydrogens (tertiary/aromatic N) is 2. The highest BCUT2D eigenvalue weighted by atomic mass is 19.4. The van der Waals surface area contributed by atoms with Gasteiger partial charge in [-0.05, 0) is 64.8 Å². The molecular formula is C25H33F4N3O3. The van der Waals surface area contributed by atoms with Crippen LogP contribution in [0.15, 0.2) is 30.3 Å². The normalized spacial score (nSPS) is 19.5. The van der Waals surface area contributed by atoms with Crippen molar-refractivity contribution in [2.75, 3.05) is 13.1 Å². The number of aromatic nitrogens is 1. The number of amides is 1. The first kappa shape index (κ1) is 25.4. The zero-order valence-corrected chi connectivity index (χ0v) is 20.1. The highest BCUT2D eigenvalue weighted by Crippen LogP contribution is 2.41. The van der Waals surface area contributed by atoms with Crippen molar-refractivity contribution in [1.82, 2.24) is 14.8 Å². The van der Waals surface area contributed by atoms with Crippen LogP contribution in [0.4, 0.5) is 17.6 Å². The number of fused-ring (bicyclic) bond motifs is 2. The first-order chi connectivity index (χ1) is 16.0. The van der Waals surface area contributed by atoms with E-state index in [9.17, 15) is 32.3 Å². The number of hydrogen-bond acceptors (Lipinski definition) is 4. The molecule has 2 aliphatic rings. The maximum atomic E-state index is 14.5. The van der Waals surface area contributed by atoms with Crippen LogP contribution in [0.3, 0.4) is 0 Å². The molecule has 0 saturated carbocycles. The Morgan fingerprint density at radius 2 is 1.71 bits per heavy atom. The SMILES string of the molecule is CC1(C)Cn2c(C(=O)C(F)(F)F)ccc2C2(CCN(C(=O)c3ccc(C(C)(C)O)c(F)c3)CC2)N1.[HH].[HH]. The molecule has 3 heterocycles. The van der Waals surface area contributed by atoms with E-state index in [4.69, 9.17) is 0 Å². The fourth-order valence-corrected chi connectivity index (χ4v) is 5.35. The monoisotopic (exact) mass is 499 g/mol. The van der Waals surface area contributed by atoms with Crippen LogP contribution in [0, 0.1) is 5.82 Å². The van der Waals surface area contributed by atoms with Gasteiger partial charge in [-0.3, -0.25) is 14.9 Å². The van der Waals surface area contributed by atoms with E-state index in [0.29, 0.717) is 31.6 Å². The van der Waals surface area contributed by atoms with E-state index in [1.54, 1.807) is 11.0 Å². The third-order valence-corrected chi connectivity index (χ3v) is 6.87. The maximum absolute atomic E-state index is 14.5. The Balaban J connectivity index is 0.00000241. The molecule has 0 radical (unpaired) electrons. The molecule has 1 amide bonds. The zero-order chi connectivity index (χ0) is 26.0. The summed E-state index contributed by atoms with van der Waals surface area (Å²) in [5.74, 6) is -2.91. The number of aliphatic hydroxyl groups is 1. The molecule has 0 aliphatic carbocycles. The van der Waals surface area contributed by atoms with Crippen LogP contribution < -0.4 is 5.32 Å². The van der Waals surface area contributed by atoms with Gasteiger partial charge in [0.25, 0.3) is 11.7 Å². The molecule has 1 saturated heterocycles. The summed E-state index contributed by atoms with van der Waals surface area (Å²) < 4.78 is 55.5. The third-order valence-electron chi connectivity index (χ3n) is 6.87. The van der Waals surface area contributed by atoms with Crippen molar-refractivity contribution in [1.29, 1.82) is 0 Å². The Morgan fingerprint density at radius 1 is 1.09 bits per heavy atom. The van der Waals surface area contributed by atoms with Crippen LogP contribution in [0.1, 0.15) is 75.5 Å². The number of carbonyl (C=O) groups excluding carboxylic acids is 2. The van der Waals surface area contributed by atoms with Crippen molar-refractivity contribution in [3.63, 3.8) is 0 Å². The number of nitrogens with one attached hydrogen (secondary N) is 1. The quantitative estimate of drug-likeness (QED) is 0.478. The highest BCUT2D eigenvalue weighted by molar-refractivity contribution is 5.99. The summed E-state index contributed by atoms with van der Waals surface area (Å²) in [6.07, 6.45) is -4.14. The van der Waals surface area contributed by atoms with Crippen molar-refractivity contribution in [2.45, 2.75) is 69.9 Å². The lowest BCUT2D eigenvalue weighted by Crippen LogP contribution is -2.63. The van der Waals surface area contributed by atoms with Gasteiger partial charge < -0.3 is 14.6 Å². The molecule has 194 valence electrons. The van der Waals surface area contributed by atoms with Crippen LogP contribution in [0.25, 0.3) is 0 Å². The van der Waals surface area contributed by atoms with Gasteiger partial charge in [-0.1, -0.05) is 6.07 Å². The maximum Gasteiger partial charge on any atom is 0.456 e. The Morgan fingerprint density at radius 3 is 2.26 bits per heavy atom. The summed E-state index contributed by atoms with van der Waals surface area (Å²) in [5, 5.41) is 13.6. The number of carbonyl (C=O) groups is 2. The summed E-state index contributed by atoms with van der Waals surface area (Å²) in [5.41, 5.74) is -2.23. The third kappa shape index (κ3) is 4.61. The van der Waals surface area contributed by atoms with Gasteiger partial charge in [-0.15, -0.1) is 0 Å². The van der Waals surface area contributed by atoms with Gasteiger partial charge >= 0.3 is 6.18 Å². The minimum atomic E-state index is -4.97. The molecule has 10 heteroatoms. The van der Waals surface area contributed by atoms with Crippen LogP contribution in [-0.2, 0) is 17.7 Å². The highest BCUT2D eigenvalue weighted by Gasteiger charge is 2.49. The molecule has 2 N–H and O–H groups in total. The lowest BCUT2D eigenvalue weighted by molar-refractivity contribution is -0.0892. The standard InChI is InChI=1S/C25H29F4N3O3.2H2/c1-22(2)14-32-18(20(33)25(27,28)29)7-8-19(32)24(30-22)9-11-31(12-10-24)21(34)15-5-6-16(17(26)13-15)23(3,4)35;;/h5-8,13,30,35H,9-12,14H2,1-4H3;2*1H. The number of piperidine rings is 1. The minimum Gasteiger partial charge on any atom is -0.386 e. The van der Waals surface area contributed by atoms with E-state index in [1.807, 2.05) is 13.8 Å². The number of rotatable bonds is 3. The molecule has 0 unspecified atom stereocenters. The van der Waals surface area contributed by atoms with Crippen molar-refractivity contribution in [3.05, 3.63) is 58.7 Å². The molecule has 2 aromatic rings. The topological polar surface area (TPSA) is 74.6 Å². The Kier molecular flexibility index (Phi) is 5.92. The number of hydrogen-bond donors (Lipinski definition) is 2. The second-order valence-electron chi connectivity index (χ2n) is 10.7. The van der Waals surface area contributed by atoms with Crippen molar-refractivity contribution < 1.29 is 35.1 Å². The smallest absolute Gasteiger partial charge is 0.386 e. The van der Waals surface area contributed by atoms with Crippen LogP contribution in [0.2, 0.25) is 0 Å². The molecule has 6 nitrogen and oxygen atoms in total. The lowest BCUT2D eigenvalue weighted by atomic mass is 9.79. The van der Waals surface area contributed by atoms with Crippen molar-refractivity contribution in [2.24, 2.45) is 0 Å². The number of likely N-dealkylation sites (tertiary alicyclic amines) is 1. The number of benzene rings is 1. The van der Waals surface area contributed by atoms with E-state index >= 15 is 0 Å². The molecule has 35 heavy (non-hydrogen) atoms. The predicted molar refractivity (Wildman–Crippen MR) is 125 cm³/mol. The summed E-state index contributed by atoms with van der Waals surface area (Å²) in [6, 6.07) is 6.77. The van der Waals surface area contributed by atoms with Crippen molar-refractivity contribution in [3.8, 4) is 0 Å². The fourth-order valence-electron chi connectivity index (χ4n) is 5.35. The van der Waals surface area contributed by atoms with Crippen molar-refractivity contribution >= 4 is 11.7 Å². The molecular weight excluding hydrogens is 466 g/mol. The van der Waals surface area contributed by atoms with E-state index in [1.165, 1.54) is 36.6 Å². The predicted octanol–water partition coefficient (Wildman–Crippen LogP) is 4.60. The Bertz CT molecular complexity index is 1180. The van der Waals surface area contributed by atoms with Gasteiger partial charge in [0.15, 0.2) is 0 Å². The largest absolute Gasteiger partial charge is 0.456 e. The first-order valence-electron chi connectivity index (χ1n) is 11.5.